The topological polar surface area (TPSA) is 99.9 Å². The van der Waals surface area contributed by atoms with Gasteiger partial charge in [-0.3, -0.25) is 0 Å². The van der Waals surface area contributed by atoms with E-state index in [9.17, 15) is 4.39 Å². The Hall–Kier alpha value is -3.79. The number of rotatable bonds is 8. The highest BCUT2D eigenvalue weighted by Crippen LogP contribution is 2.33. The van der Waals surface area contributed by atoms with Crippen molar-refractivity contribution in [1.82, 2.24) is 30.2 Å². The number of methoxy groups -OCH3 is 1. The lowest BCUT2D eigenvalue weighted by atomic mass is 10.1. The lowest BCUT2D eigenvalue weighted by molar-refractivity contribution is 0.0847. The first-order valence-electron chi connectivity index (χ1n) is 9.95. The van der Waals surface area contributed by atoms with Gasteiger partial charge in [0, 0.05) is 24.0 Å². The highest BCUT2D eigenvalue weighted by Gasteiger charge is 2.23. The molecular formula is C22H21ClFN7O2. The van der Waals surface area contributed by atoms with E-state index in [1.165, 1.54) is 31.6 Å². The van der Waals surface area contributed by atoms with E-state index in [-0.39, 0.29) is 0 Å². The van der Waals surface area contributed by atoms with E-state index in [1.54, 1.807) is 23.1 Å². The Kier molecular flexibility index (Phi) is 6.36. The molecule has 0 amide bonds. The molecule has 0 aliphatic heterocycles. The summed E-state index contributed by atoms with van der Waals surface area (Å²) in [6.07, 6.45) is 4.83. The standard InChI is InChI=1S/C22H21ClFN7O2/c1-22(2,12-31-13-27-29-30-31)33-20-8-14(4-6-17(20)23)15-10-25-21(26-11-15)28-18-9-16(24)5-7-19(18)32-3/h4-11,13H,12H2,1-3H3,(H,25,26,28). The van der Waals surface area contributed by atoms with Crippen LogP contribution in [0.5, 0.6) is 11.5 Å². The summed E-state index contributed by atoms with van der Waals surface area (Å²) >= 11 is 6.37. The van der Waals surface area contributed by atoms with Crippen LogP contribution in [0.1, 0.15) is 13.8 Å². The number of halogens is 2. The summed E-state index contributed by atoms with van der Waals surface area (Å²) in [4.78, 5) is 8.67. The summed E-state index contributed by atoms with van der Waals surface area (Å²) < 4.78 is 26.6. The van der Waals surface area contributed by atoms with Gasteiger partial charge in [-0.25, -0.2) is 19.0 Å². The summed E-state index contributed by atoms with van der Waals surface area (Å²) in [5.41, 5.74) is 1.39. The smallest absolute Gasteiger partial charge is 0.227 e. The Morgan fingerprint density at radius 3 is 2.55 bits per heavy atom. The summed E-state index contributed by atoms with van der Waals surface area (Å²) in [7, 11) is 1.51. The highest BCUT2D eigenvalue weighted by molar-refractivity contribution is 6.32. The Morgan fingerprint density at radius 1 is 1.06 bits per heavy atom. The Bertz CT molecular complexity index is 1230. The van der Waals surface area contributed by atoms with Crippen molar-refractivity contribution in [3.8, 4) is 22.6 Å². The van der Waals surface area contributed by atoms with E-state index >= 15 is 0 Å². The third-order valence-corrected chi connectivity index (χ3v) is 4.96. The van der Waals surface area contributed by atoms with Crippen molar-refractivity contribution < 1.29 is 13.9 Å². The number of hydrogen-bond acceptors (Lipinski definition) is 8. The predicted molar refractivity (Wildman–Crippen MR) is 121 cm³/mol. The molecule has 11 heteroatoms. The minimum absolute atomic E-state index is 0.302. The monoisotopic (exact) mass is 469 g/mol. The molecule has 2 heterocycles. The molecule has 0 radical (unpaired) electrons. The van der Waals surface area contributed by atoms with E-state index in [4.69, 9.17) is 21.1 Å². The van der Waals surface area contributed by atoms with Crippen molar-refractivity contribution >= 4 is 23.2 Å². The molecule has 0 atom stereocenters. The largest absolute Gasteiger partial charge is 0.495 e. The Labute approximate surface area is 194 Å². The van der Waals surface area contributed by atoms with Gasteiger partial charge in [0.1, 0.15) is 29.2 Å². The molecule has 2 aromatic carbocycles. The van der Waals surface area contributed by atoms with Gasteiger partial charge in [-0.2, -0.15) is 0 Å². The summed E-state index contributed by atoms with van der Waals surface area (Å²) in [5.74, 6) is 0.897. The maximum atomic E-state index is 13.6. The fourth-order valence-electron chi connectivity index (χ4n) is 3.17. The van der Waals surface area contributed by atoms with Crippen LogP contribution in [0.3, 0.4) is 0 Å². The van der Waals surface area contributed by atoms with Gasteiger partial charge in [-0.1, -0.05) is 17.7 Å². The molecule has 33 heavy (non-hydrogen) atoms. The van der Waals surface area contributed by atoms with Gasteiger partial charge < -0.3 is 14.8 Å². The molecule has 0 aliphatic rings. The van der Waals surface area contributed by atoms with Crippen LogP contribution in [0.15, 0.2) is 55.1 Å². The van der Waals surface area contributed by atoms with E-state index in [0.717, 1.165) is 11.1 Å². The lowest BCUT2D eigenvalue weighted by Gasteiger charge is -2.26. The minimum atomic E-state index is -0.619. The van der Waals surface area contributed by atoms with E-state index in [1.807, 2.05) is 26.0 Å². The number of hydrogen-bond donors (Lipinski definition) is 1. The maximum absolute atomic E-state index is 13.6. The number of aromatic nitrogens is 6. The van der Waals surface area contributed by atoms with Crippen LogP contribution >= 0.6 is 11.6 Å². The average molecular weight is 470 g/mol. The van der Waals surface area contributed by atoms with E-state index in [0.29, 0.717) is 34.7 Å². The summed E-state index contributed by atoms with van der Waals surface area (Å²) in [6.45, 7) is 4.28. The van der Waals surface area contributed by atoms with Crippen LogP contribution in [0, 0.1) is 5.82 Å². The van der Waals surface area contributed by atoms with Crippen LogP contribution in [0.25, 0.3) is 11.1 Å². The van der Waals surface area contributed by atoms with Crippen LogP contribution in [0.2, 0.25) is 5.02 Å². The second-order valence-electron chi connectivity index (χ2n) is 7.78. The van der Waals surface area contributed by atoms with Crippen molar-refractivity contribution in [2.24, 2.45) is 0 Å². The average Bonchev–Trinajstić information content (AvgIpc) is 3.28. The molecule has 9 nitrogen and oxygen atoms in total. The molecule has 0 aliphatic carbocycles. The molecular weight excluding hydrogens is 449 g/mol. The van der Waals surface area contributed by atoms with Crippen molar-refractivity contribution in [1.29, 1.82) is 0 Å². The number of anilines is 2. The zero-order valence-corrected chi connectivity index (χ0v) is 18.9. The lowest BCUT2D eigenvalue weighted by Crippen LogP contribution is -2.34. The van der Waals surface area contributed by atoms with Gasteiger partial charge in [0.15, 0.2) is 0 Å². The van der Waals surface area contributed by atoms with Crippen LogP contribution < -0.4 is 14.8 Å². The first kappa shape index (κ1) is 22.4. The second-order valence-corrected chi connectivity index (χ2v) is 8.19. The third kappa shape index (κ3) is 5.53. The number of tetrazole rings is 1. The van der Waals surface area contributed by atoms with Gasteiger partial charge in [-0.05, 0) is 54.1 Å². The predicted octanol–water partition coefficient (Wildman–Crippen LogP) is 4.53. The molecule has 4 aromatic rings. The number of nitrogens with zero attached hydrogens (tertiary/aromatic N) is 6. The van der Waals surface area contributed by atoms with Crippen molar-refractivity contribution in [3.63, 3.8) is 0 Å². The Morgan fingerprint density at radius 2 is 1.85 bits per heavy atom. The fraction of sp³-hybridized carbons (Fsp3) is 0.227. The zero-order valence-electron chi connectivity index (χ0n) is 18.2. The SMILES string of the molecule is COc1ccc(F)cc1Nc1ncc(-c2ccc(Cl)c(OC(C)(C)Cn3cnnn3)c2)cn1. The van der Waals surface area contributed by atoms with Gasteiger partial charge in [0.2, 0.25) is 5.95 Å². The van der Waals surface area contributed by atoms with Gasteiger partial charge in [0.25, 0.3) is 0 Å². The fourth-order valence-corrected chi connectivity index (χ4v) is 3.33. The first-order valence-corrected chi connectivity index (χ1v) is 10.3. The second kappa shape index (κ2) is 9.37. The first-order chi connectivity index (χ1) is 15.8. The number of benzene rings is 2. The Balaban J connectivity index is 1.52. The molecule has 0 saturated carbocycles. The minimum Gasteiger partial charge on any atom is -0.495 e. The van der Waals surface area contributed by atoms with Crippen LogP contribution in [0.4, 0.5) is 16.0 Å². The third-order valence-electron chi connectivity index (χ3n) is 4.64. The van der Waals surface area contributed by atoms with E-state index < -0.39 is 11.4 Å². The maximum Gasteiger partial charge on any atom is 0.227 e. The van der Waals surface area contributed by atoms with E-state index in [2.05, 4.69) is 30.8 Å². The van der Waals surface area contributed by atoms with Gasteiger partial charge >= 0.3 is 0 Å². The van der Waals surface area contributed by atoms with Crippen molar-refractivity contribution in [3.05, 3.63) is 66.0 Å². The van der Waals surface area contributed by atoms with Gasteiger partial charge in [-0.15, -0.1) is 5.10 Å². The molecule has 4 rings (SSSR count). The quantitative estimate of drug-likeness (QED) is 0.401. The van der Waals surface area contributed by atoms with Crippen LogP contribution in [-0.2, 0) is 6.54 Å². The molecule has 0 saturated heterocycles. The summed E-state index contributed by atoms with van der Waals surface area (Å²) in [6, 6.07) is 9.59. The van der Waals surface area contributed by atoms with Crippen molar-refractivity contribution in [2.75, 3.05) is 12.4 Å². The summed E-state index contributed by atoms with van der Waals surface area (Å²) in [5, 5.41) is 14.6. The molecule has 0 unspecified atom stereocenters. The normalized spacial score (nSPS) is 11.3. The molecule has 1 N–H and O–H groups in total. The molecule has 0 spiro atoms. The highest BCUT2D eigenvalue weighted by atomic mass is 35.5. The van der Waals surface area contributed by atoms with Gasteiger partial charge in [0.05, 0.1) is 24.4 Å². The number of ether oxygens (including phenoxy) is 2. The van der Waals surface area contributed by atoms with Crippen molar-refractivity contribution in [2.45, 2.75) is 26.0 Å². The van der Waals surface area contributed by atoms with Crippen LogP contribution in [-0.4, -0.2) is 42.9 Å². The zero-order chi connectivity index (χ0) is 23.4. The molecule has 0 fully saturated rings. The number of nitrogens with one attached hydrogen (secondary N) is 1. The molecule has 170 valence electrons. The molecule has 2 aromatic heterocycles. The molecule has 0 bridgehead atoms.